The molecule has 2 rings (SSSR count). The number of hydrogen-bond acceptors (Lipinski definition) is 4. The Labute approximate surface area is 132 Å². The second-order valence-electron chi connectivity index (χ2n) is 5.60. The lowest BCUT2D eigenvalue weighted by molar-refractivity contribution is -0.137. The van der Waals surface area contributed by atoms with Gasteiger partial charge in [0.05, 0.1) is 23.6 Å². The molecule has 5 nitrogen and oxygen atoms in total. The third-order valence-electron chi connectivity index (χ3n) is 3.70. The number of rotatable bonds is 4. The number of sulfone groups is 1. The molecule has 1 fully saturated rings. The number of carbonyl (C=O) groups excluding carboxylic acids is 1. The molecule has 23 heavy (non-hydrogen) atoms. The minimum atomic E-state index is -4.48. The summed E-state index contributed by atoms with van der Waals surface area (Å²) in [6.07, 6.45) is -4.02. The number of nitrogens with one attached hydrogen (secondary N) is 1. The smallest absolute Gasteiger partial charge is 0.325 e. The Morgan fingerprint density at radius 2 is 2.09 bits per heavy atom. The van der Waals surface area contributed by atoms with Crippen LogP contribution in [0.5, 0.6) is 0 Å². The minimum absolute atomic E-state index is 0.000336. The minimum Gasteiger partial charge on any atom is -0.325 e. The van der Waals surface area contributed by atoms with E-state index < -0.39 is 27.5 Å². The largest absolute Gasteiger partial charge is 0.416 e. The molecule has 1 heterocycles. The van der Waals surface area contributed by atoms with Crippen molar-refractivity contribution in [1.82, 2.24) is 4.90 Å². The predicted molar refractivity (Wildman–Crippen MR) is 79.8 cm³/mol. The van der Waals surface area contributed by atoms with Crippen LogP contribution in [0.15, 0.2) is 24.3 Å². The van der Waals surface area contributed by atoms with Gasteiger partial charge in [0.25, 0.3) is 0 Å². The fraction of sp³-hybridized carbons (Fsp3) is 0.500. The Bertz CT molecular complexity index is 689. The van der Waals surface area contributed by atoms with Crippen molar-refractivity contribution < 1.29 is 26.4 Å². The zero-order chi connectivity index (χ0) is 17.3. The lowest BCUT2D eigenvalue weighted by Gasteiger charge is -2.22. The van der Waals surface area contributed by atoms with Gasteiger partial charge in [-0.2, -0.15) is 13.2 Å². The average molecular weight is 350 g/mol. The molecular weight excluding hydrogens is 333 g/mol. The molecule has 1 unspecified atom stereocenters. The molecule has 0 aliphatic carbocycles. The molecule has 1 saturated heterocycles. The molecule has 1 aromatic carbocycles. The van der Waals surface area contributed by atoms with Gasteiger partial charge in [-0.05, 0) is 31.7 Å². The summed E-state index contributed by atoms with van der Waals surface area (Å²) >= 11 is 0. The van der Waals surface area contributed by atoms with Gasteiger partial charge in [-0.3, -0.25) is 9.69 Å². The van der Waals surface area contributed by atoms with E-state index in [-0.39, 0.29) is 29.8 Å². The van der Waals surface area contributed by atoms with Gasteiger partial charge >= 0.3 is 6.18 Å². The Hall–Kier alpha value is -1.61. The Balaban J connectivity index is 1.95. The topological polar surface area (TPSA) is 66.5 Å². The standard InChI is InChI=1S/C14H17F3N2O3S/c1-19(12-5-6-23(21,22)9-12)8-13(20)18-11-4-2-3-10(7-11)14(15,16)17/h2-4,7,12H,5-6,8-9H2,1H3,(H,18,20). The van der Waals surface area contributed by atoms with E-state index in [4.69, 9.17) is 0 Å². The second kappa shape index (κ2) is 6.48. The molecule has 0 radical (unpaired) electrons. The van der Waals surface area contributed by atoms with Gasteiger partial charge in [-0.1, -0.05) is 6.07 Å². The first-order valence-corrected chi connectivity index (χ1v) is 8.77. The first-order chi connectivity index (χ1) is 10.6. The van der Waals surface area contributed by atoms with Crippen LogP contribution >= 0.6 is 0 Å². The first-order valence-electron chi connectivity index (χ1n) is 6.94. The van der Waals surface area contributed by atoms with E-state index >= 15 is 0 Å². The van der Waals surface area contributed by atoms with E-state index in [0.29, 0.717) is 6.42 Å². The third kappa shape index (κ3) is 4.93. The Morgan fingerprint density at radius 1 is 1.39 bits per heavy atom. The molecule has 1 aliphatic rings. The van der Waals surface area contributed by atoms with E-state index in [1.807, 2.05) is 0 Å². The molecule has 1 aromatic rings. The van der Waals surface area contributed by atoms with E-state index in [1.54, 1.807) is 11.9 Å². The van der Waals surface area contributed by atoms with Crippen LogP contribution in [0.3, 0.4) is 0 Å². The van der Waals surface area contributed by atoms with Crippen LogP contribution < -0.4 is 5.32 Å². The zero-order valence-corrected chi connectivity index (χ0v) is 13.2. The van der Waals surface area contributed by atoms with Gasteiger partial charge in [-0.25, -0.2) is 8.42 Å². The molecule has 1 atom stereocenters. The van der Waals surface area contributed by atoms with Crippen LogP contribution in [-0.4, -0.2) is 50.4 Å². The van der Waals surface area contributed by atoms with Crippen molar-refractivity contribution >= 4 is 21.4 Å². The monoisotopic (exact) mass is 350 g/mol. The molecule has 1 aliphatic heterocycles. The van der Waals surface area contributed by atoms with Gasteiger partial charge in [0, 0.05) is 11.7 Å². The number of anilines is 1. The zero-order valence-electron chi connectivity index (χ0n) is 12.4. The van der Waals surface area contributed by atoms with Crippen molar-refractivity contribution in [2.45, 2.75) is 18.6 Å². The molecule has 128 valence electrons. The SMILES string of the molecule is CN(CC(=O)Nc1cccc(C(F)(F)F)c1)C1CCS(=O)(=O)C1. The van der Waals surface area contributed by atoms with Crippen molar-refractivity contribution in [2.75, 3.05) is 30.4 Å². The van der Waals surface area contributed by atoms with E-state index in [1.165, 1.54) is 12.1 Å². The highest BCUT2D eigenvalue weighted by molar-refractivity contribution is 7.91. The quantitative estimate of drug-likeness (QED) is 0.899. The van der Waals surface area contributed by atoms with Crippen LogP contribution in [0, 0.1) is 0 Å². The van der Waals surface area contributed by atoms with Gasteiger partial charge in [-0.15, -0.1) is 0 Å². The van der Waals surface area contributed by atoms with Crippen molar-refractivity contribution in [3.05, 3.63) is 29.8 Å². The fourth-order valence-corrected chi connectivity index (χ4v) is 4.26. The molecule has 0 bridgehead atoms. The Morgan fingerprint density at radius 3 is 2.65 bits per heavy atom. The highest BCUT2D eigenvalue weighted by Gasteiger charge is 2.32. The lowest BCUT2D eigenvalue weighted by atomic mass is 10.2. The highest BCUT2D eigenvalue weighted by Crippen LogP contribution is 2.30. The fourth-order valence-electron chi connectivity index (χ4n) is 2.45. The Kier molecular flexibility index (Phi) is 5.00. The van der Waals surface area contributed by atoms with Gasteiger partial charge in [0.15, 0.2) is 9.84 Å². The number of alkyl halides is 3. The maximum Gasteiger partial charge on any atom is 0.416 e. The number of nitrogens with zero attached hydrogens (tertiary/aromatic N) is 1. The van der Waals surface area contributed by atoms with Crippen LogP contribution in [0.25, 0.3) is 0 Å². The van der Waals surface area contributed by atoms with E-state index in [9.17, 15) is 26.4 Å². The predicted octanol–water partition coefficient (Wildman–Crippen LogP) is 1.76. The van der Waals surface area contributed by atoms with Crippen LogP contribution in [0.1, 0.15) is 12.0 Å². The summed E-state index contributed by atoms with van der Waals surface area (Å²) < 4.78 is 60.7. The molecule has 0 aromatic heterocycles. The number of benzene rings is 1. The van der Waals surface area contributed by atoms with Gasteiger partial charge < -0.3 is 5.32 Å². The molecule has 0 saturated carbocycles. The van der Waals surface area contributed by atoms with Crippen molar-refractivity contribution in [3.8, 4) is 0 Å². The highest BCUT2D eigenvalue weighted by atomic mass is 32.2. The summed E-state index contributed by atoms with van der Waals surface area (Å²) in [6.45, 7) is -0.0869. The maximum absolute atomic E-state index is 12.6. The summed E-state index contributed by atoms with van der Waals surface area (Å²) in [4.78, 5) is 13.5. The number of likely N-dealkylation sites (N-methyl/N-ethyl adjacent to an activating group) is 1. The summed E-state index contributed by atoms with van der Waals surface area (Å²) in [6, 6.07) is 4.12. The number of halogens is 3. The average Bonchev–Trinajstić information content (AvgIpc) is 2.78. The normalized spacial score (nSPS) is 20.7. The third-order valence-corrected chi connectivity index (χ3v) is 5.45. The summed E-state index contributed by atoms with van der Waals surface area (Å²) in [5.41, 5.74) is -0.789. The maximum atomic E-state index is 12.6. The van der Waals surface area contributed by atoms with Crippen LogP contribution in [-0.2, 0) is 20.8 Å². The van der Waals surface area contributed by atoms with Crippen LogP contribution in [0.2, 0.25) is 0 Å². The number of hydrogen-bond donors (Lipinski definition) is 1. The summed E-state index contributed by atoms with van der Waals surface area (Å²) in [5, 5.41) is 2.40. The summed E-state index contributed by atoms with van der Waals surface area (Å²) in [7, 11) is -1.43. The van der Waals surface area contributed by atoms with Crippen molar-refractivity contribution in [1.29, 1.82) is 0 Å². The first kappa shape index (κ1) is 17.7. The van der Waals surface area contributed by atoms with Crippen molar-refractivity contribution in [2.24, 2.45) is 0 Å². The second-order valence-corrected chi connectivity index (χ2v) is 7.83. The van der Waals surface area contributed by atoms with E-state index in [2.05, 4.69) is 5.32 Å². The molecular formula is C14H17F3N2O3S. The molecule has 1 N–H and O–H groups in total. The van der Waals surface area contributed by atoms with Gasteiger partial charge in [0.1, 0.15) is 0 Å². The molecule has 9 heteroatoms. The summed E-state index contributed by atoms with van der Waals surface area (Å²) in [5.74, 6) is -0.395. The number of carbonyl (C=O) groups is 1. The molecule has 0 spiro atoms. The van der Waals surface area contributed by atoms with E-state index in [0.717, 1.165) is 12.1 Å². The number of amides is 1. The molecule has 1 amide bonds. The van der Waals surface area contributed by atoms with Gasteiger partial charge in [0.2, 0.25) is 5.91 Å². The van der Waals surface area contributed by atoms with Crippen LogP contribution in [0.4, 0.5) is 18.9 Å². The van der Waals surface area contributed by atoms with Crippen molar-refractivity contribution in [3.63, 3.8) is 0 Å². The lowest BCUT2D eigenvalue weighted by Crippen LogP contribution is -2.38.